The maximum atomic E-state index is 12.4. The van der Waals surface area contributed by atoms with Crippen molar-refractivity contribution in [1.82, 2.24) is 10.3 Å². The van der Waals surface area contributed by atoms with Gasteiger partial charge in [0, 0.05) is 12.3 Å². The van der Waals surface area contributed by atoms with Crippen LogP contribution in [0.1, 0.15) is 22.9 Å². The predicted octanol–water partition coefficient (Wildman–Crippen LogP) is 5.31. The van der Waals surface area contributed by atoms with Gasteiger partial charge in [-0.05, 0) is 41.5 Å². The lowest BCUT2D eigenvalue weighted by molar-refractivity contribution is -0.116. The van der Waals surface area contributed by atoms with Gasteiger partial charge in [0.05, 0.1) is 21.8 Å². The van der Waals surface area contributed by atoms with Crippen LogP contribution in [0.5, 0.6) is 0 Å². The predicted molar refractivity (Wildman–Crippen MR) is 106 cm³/mol. The van der Waals surface area contributed by atoms with Gasteiger partial charge in [-0.15, -0.1) is 0 Å². The second-order valence-electron chi connectivity index (χ2n) is 5.61. The summed E-state index contributed by atoms with van der Waals surface area (Å²) in [4.78, 5) is 16.8. The van der Waals surface area contributed by atoms with E-state index in [-0.39, 0.29) is 11.9 Å². The minimum Gasteiger partial charge on any atom is -0.340 e. The summed E-state index contributed by atoms with van der Waals surface area (Å²) in [5, 5.41) is 3.93. The maximum Gasteiger partial charge on any atom is 0.244 e. The highest BCUT2D eigenvalue weighted by Gasteiger charge is 2.16. The Hall–Kier alpha value is -2.62. The number of aromatic nitrogens is 1. The third-order valence-electron chi connectivity index (χ3n) is 3.77. The van der Waals surface area contributed by atoms with Crippen molar-refractivity contribution in [1.29, 1.82) is 0 Å². The van der Waals surface area contributed by atoms with Gasteiger partial charge in [-0.3, -0.25) is 9.78 Å². The first-order valence-electron chi connectivity index (χ1n) is 8.03. The molecule has 1 atom stereocenters. The van der Waals surface area contributed by atoms with Gasteiger partial charge in [0.25, 0.3) is 0 Å². The summed E-state index contributed by atoms with van der Waals surface area (Å²) in [7, 11) is 0. The Kier molecular flexibility index (Phi) is 6.05. The molecule has 0 spiro atoms. The average Bonchev–Trinajstić information content (AvgIpc) is 2.68. The summed E-state index contributed by atoms with van der Waals surface area (Å²) in [6.07, 6.45) is 4.87. The van der Waals surface area contributed by atoms with Crippen LogP contribution in [0.4, 0.5) is 0 Å². The molecule has 0 aliphatic heterocycles. The lowest BCUT2D eigenvalue weighted by atomic mass is 10.0. The number of halogens is 2. The van der Waals surface area contributed by atoms with E-state index in [0.29, 0.717) is 10.0 Å². The van der Waals surface area contributed by atoms with Crippen LogP contribution in [-0.2, 0) is 4.79 Å². The average molecular weight is 383 g/mol. The molecule has 5 heteroatoms. The van der Waals surface area contributed by atoms with Crippen molar-refractivity contribution in [3.8, 4) is 0 Å². The van der Waals surface area contributed by atoms with Crippen molar-refractivity contribution < 1.29 is 4.79 Å². The van der Waals surface area contributed by atoms with E-state index in [9.17, 15) is 4.79 Å². The highest BCUT2D eigenvalue weighted by Crippen LogP contribution is 2.23. The molecule has 0 radical (unpaired) electrons. The van der Waals surface area contributed by atoms with Crippen molar-refractivity contribution >= 4 is 35.2 Å². The first-order chi connectivity index (χ1) is 12.6. The molecule has 1 heterocycles. The van der Waals surface area contributed by atoms with Crippen LogP contribution in [-0.4, -0.2) is 10.9 Å². The summed E-state index contributed by atoms with van der Waals surface area (Å²) >= 11 is 11.9. The normalized spacial score (nSPS) is 12.1. The highest BCUT2D eigenvalue weighted by molar-refractivity contribution is 6.42. The highest BCUT2D eigenvalue weighted by atomic mass is 35.5. The fourth-order valence-electron chi connectivity index (χ4n) is 2.50. The van der Waals surface area contributed by atoms with Crippen LogP contribution < -0.4 is 5.32 Å². The third kappa shape index (κ3) is 4.72. The number of benzene rings is 2. The van der Waals surface area contributed by atoms with Gasteiger partial charge in [0.15, 0.2) is 0 Å². The number of nitrogens with one attached hydrogen (secondary N) is 1. The van der Waals surface area contributed by atoms with Crippen molar-refractivity contribution in [2.24, 2.45) is 0 Å². The second kappa shape index (κ2) is 8.65. The molecule has 1 unspecified atom stereocenters. The summed E-state index contributed by atoms with van der Waals surface area (Å²) in [6.45, 7) is 0. The lowest BCUT2D eigenvalue weighted by Crippen LogP contribution is -2.28. The number of carbonyl (C=O) groups excluding carboxylic acids is 1. The summed E-state index contributed by atoms with van der Waals surface area (Å²) in [5.74, 6) is -0.226. The van der Waals surface area contributed by atoms with Gasteiger partial charge in [-0.25, -0.2) is 0 Å². The number of hydrogen-bond donors (Lipinski definition) is 1. The largest absolute Gasteiger partial charge is 0.340 e. The molecular formula is C21H16Cl2N2O. The van der Waals surface area contributed by atoms with Crippen LogP contribution in [0.3, 0.4) is 0 Å². The van der Waals surface area contributed by atoms with Crippen LogP contribution in [0.2, 0.25) is 10.0 Å². The van der Waals surface area contributed by atoms with Crippen molar-refractivity contribution in [3.63, 3.8) is 0 Å². The molecule has 3 aromatic rings. The number of hydrogen-bond acceptors (Lipinski definition) is 2. The minimum absolute atomic E-state index is 0.226. The maximum absolute atomic E-state index is 12.4. The van der Waals surface area contributed by atoms with Crippen LogP contribution >= 0.6 is 23.2 Å². The van der Waals surface area contributed by atoms with E-state index in [1.54, 1.807) is 30.5 Å². The molecule has 1 N–H and O–H groups in total. The monoisotopic (exact) mass is 382 g/mol. The number of nitrogens with zero attached hydrogens (tertiary/aromatic N) is 1. The molecule has 0 bridgehead atoms. The molecule has 0 aliphatic rings. The molecule has 0 fully saturated rings. The molecule has 2 aromatic carbocycles. The fourth-order valence-corrected chi connectivity index (χ4v) is 2.81. The topological polar surface area (TPSA) is 42.0 Å². The van der Waals surface area contributed by atoms with E-state index in [4.69, 9.17) is 23.2 Å². The zero-order valence-electron chi connectivity index (χ0n) is 13.8. The van der Waals surface area contributed by atoms with E-state index >= 15 is 0 Å². The first-order valence-corrected chi connectivity index (χ1v) is 8.78. The number of amides is 1. The molecular weight excluding hydrogens is 367 g/mol. The van der Waals surface area contributed by atoms with E-state index in [0.717, 1.165) is 16.8 Å². The Bertz CT molecular complexity index is 872. The second-order valence-corrected chi connectivity index (χ2v) is 6.43. The van der Waals surface area contributed by atoms with Gasteiger partial charge in [0.1, 0.15) is 0 Å². The molecule has 1 amide bonds. The Morgan fingerprint density at radius 1 is 0.962 bits per heavy atom. The zero-order chi connectivity index (χ0) is 18.4. The smallest absolute Gasteiger partial charge is 0.244 e. The zero-order valence-corrected chi connectivity index (χ0v) is 15.3. The van der Waals surface area contributed by atoms with E-state index in [1.165, 1.54) is 6.08 Å². The molecule has 0 saturated heterocycles. The van der Waals surface area contributed by atoms with E-state index < -0.39 is 0 Å². The Labute approximate surface area is 162 Å². The van der Waals surface area contributed by atoms with Crippen LogP contribution in [0, 0.1) is 0 Å². The van der Waals surface area contributed by atoms with Crippen LogP contribution in [0.25, 0.3) is 6.08 Å². The van der Waals surface area contributed by atoms with E-state index in [1.807, 2.05) is 48.5 Å². The lowest BCUT2D eigenvalue weighted by Gasteiger charge is -2.17. The number of rotatable bonds is 5. The minimum atomic E-state index is -0.330. The van der Waals surface area contributed by atoms with Crippen molar-refractivity contribution in [3.05, 3.63) is 106 Å². The molecule has 3 nitrogen and oxygen atoms in total. The first kappa shape index (κ1) is 18.2. The number of carbonyl (C=O) groups is 1. The molecule has 0 aliphatic carbocycles. The third-order valence-corrected chi connectivity index (χ3v) is 4.51. The molecule has 3 rings (SSSR count). The summed E-state index contributed by atoms with van der Waals surface area (Å²) in [6, 6.07) is 20.2. The van der Waals surface area contributed by atoms with Crippen molar-refractivity contribution in [2.75, 3.05) is 0 Å². The Morgan fingerprint density at radius 2 is 1.73 bits per heavy atom. The number of pyridine rings is 1. The summed E-state index contributed by atoms with van der Waals surface area (Å²) < 4.78 is 0. The molecule has 1 aromatic heterocycles. The summed E-state index contributed by atoms with van der Waals surface area (Å²) in [5.41, 5.74) is 2.53. The Morgan fingerprint density at radius 3 is 2.42 bits per heavy atom. The van der Waals surface area contributed by atoms with Gasteiger partial charge >= 0.3 is 0 Å². The fraction of sp³-hybridized carbons (Fsp3) is 0.0476. The van der Waals surface area contributed by atoms with Gasteiger partial charge < -0.3 is 5.32 Å². The van der Waals surface area contributed by atoms with Crippen molar-refractivity contribution in [2.45, 2.75) is 6.04 Å². The van der Waals surface area contributed by atoms with Gasteiger partial charge in [-0.1, -0.05) is 65.7 Å². The van der Waals surface area contributed by atoms with Gasteiger partial charge in [-0.2, -0.15) is 0 Å². The molecule has 130 valence electrons. The Balaban J connectivity index is 1.79. The van der Waals surface area contributed by atoms with Crippen LogP contribution in [0.15, 0.2) is 79.0 Å². The standard InChI is InChI=1S/C21H16Cl2N2O/c22-17-11-9-15(14-18(17)23)10-12-20(26)25-21(16-6-2-1-3-7-16)19-8-4-5-13-24-19/h1-14,21H,(H,25,26)/b12-10+. The molecule has 26 heavy (non-hydrogen) atoms. The van der Waals surface area contributed by atoms with E-state index in [2.05, 4.69) is 10.3 Å². The quantitative estimate of drug-likeness (QED) is 0.607. The molecule has 0 saturated carbocycles. The van der Waals surface area contributed by atoms with Gasteiger partial charge in [0.2, 0.25) is 5.91 Å². The SMILES string of the molecule is O=C(/C=C/c1ccc(Cl)c(Cl)c1)NC(c1ccccc1)c1ccccn1.